The Morgan fingerprint density at radius 2 is 1.97 bits per heavy atom. The van der Waals surface area contributed by atoms with Gasteiger partial charge in [-0.2, -0.15) is 5.10 Å². The molecule has 10 nitrogen and oxygen atoms in total. The van der Waals surface area contributed by atoms with Crippen molar-refractivity contribution in [2.75, 3.05) is 38.3 Å². The maximum atomic E-state index is 13.5. The van der Waals surface area contributed by atoms with Gasteiger partial charge in [-0.1, -0.05) is 6.58 Å². The number of carbonyl (C=O) groups excluding carboxylic acids is 1. The average molecular weight is 531 g/mol. The summed E-state index contributed by atoms with van der Waals surface area (Å²) in [6.45, 7) is 12.3. The summed E-state index contributed by atoms with van der Waals surface area (Å²) in [4.78, 5) is 16.8. The Morgan fingerprint density at radius 1 is 1.27 bits per heavy atom. The number of carbonyl (C=O) groups is 1. The van der Waals surface area contributed by atoms with E-state index in [1.54, 1.807) is 24.1 Å². The second-order valence-electron chi connectivity index (χ2n) is 11.2. The molecule has 2 aromatic rings. The average Bonchev–Trinajstić information content (AvgIpc) is 3.22. The van der Waals surface area contributed by atoms with Gasteiger partial charge in [0.1, 0.15) is 0 Å². The van der Waals surface area contributed by atoms with Gasteiger partial charge in [0, 0.05) is 55.4 Å². The van der Waals surface area contributed by atoms with Gasteiger partial charge in [0.2, 0.25) is 15.9 Å². The maximum Gasteiger partial charge on any atom is 0.246 e. The number of benzene rings is 1. The Labute approximate surface area is 219 Å². The summed E-state index contributed by atoms with van der Waals surface area (Å²) < 4.78 is 37.2. The molecule has 1 aromatic heterocycles. The molecule has 3 fully saturated rings. The smallest absolute Gasteiger partial charge is 0.246 e. The first-order valence-electron chi connectivity index (χ1n) is 13.0. The van der Waals surface area contributed by atoms with Crippen LogP contribution in [0.4, 0.5) is 5.69 Å². The van der Waals surface area contributed by atoms with Crippen LogP contribution in [0.15, 0.2) is 35.9 Å². The van der Waals surface area contributed by atoms with Gasteiger partial charge in [-0.15, -0.1) is 0 Å². The number of hydrogen-bond acceptors (Lipinski definition) is 7. The fourth-order valence-corrected chi connectivity index (χ4v) is 7.32. The zero-order valence-corrected chi connectivity index (χ0v) is 22.9. The third-order valence-electron chi connectivity index (χ3n) is 7.81. The monoisotopic (exact) mass is 530 g/mol. The van der Waals surface area contributed by atoms with Crippen molar-refractivity contribution in [2.45, 2.75) is 74.6 Å². The van der Waals surface area contributed by atoms with Gasteiger partial charge in [0.25, 0.3) is 0 Å². The van der Waals surface area contributed by atoms with Gasteiger partial charge >= 0.3 is 0 Å². The number of aromatic nitrogens is 2. The Balaban J connectivity index is 1.59. The topological polar surface area (TPSA) is 109 Å². The molecule has 1 aliphatic carbocycles. The summed E-state index contributed by atoms with van der Waals surface area (Å²) in [5.74, 6) is -0.143. The standard InChI is InChI=1S/C26H38N6O4S/c1-6-25(33)31-15-19(9-20(31)16-36-5)32-24-11-21(37(34,35)29-26(4)7-8-26)10-23(22(24)12-27-32)30-13-17(2)28-18(3)14-30/h6,10-12,17-20,28-29H,1,7-9,13-16H2,2-5H3/t17-,18-,19+,20-/m0/s1. The molecule has 0 radical (unpaired) electrons. The van der Waals surface area contributed by atoms with Crippen molar-refractivity contribution in [3.8, 4) is 0 Å². The van der Waals surface area contributed by atoms with E-state index < -0.39 is 10.0 Å². The molecule has 3 aliphatic rings. The third-order valence-corrected chi connectivity index (χ3v) is 9.43. The lowest BCUT2D eigenvalue weighted by molar-refractivity contribution is -0.127. The third kappa shape index (κ3) is 5.14. The number of ether oxygens (including phenoxy) is 1. The zero-order valence-electron chi connectivity index (χ0n) is 22.1. The Hall–Kier alpha value is -2.47. The molecule has 0 spiro atoms. The molecule has 1 aromatic carbocycles. The first-order valence-corrected chi connectivity index (χ1v) is 14.5. The van der Waals surface area contributed by atoms with Gasteiger partial charge in [-0.05, 0) is 58.2 Å². The van der Waals surface area contributed by atoms with Crippen molar-refractivity contribution in [1.82, 2.24) is 24.7 Å². The van der Waals surface area contributed by atoms with Crippen molar-refractivity contribution in [2.24, 2.45) is 0 Å². The number of fused-ring (bicyclic) bond motifs is 1. The summed E-state index contributed by atoms with van der Waals surface area (Å²) in [5.41, 5.74) is 1.25. The Bertz CT molecular complexity index is 1290. The van der Waals surface area contributed by atoms with Crippen LogP contribution in [0.1, 0.15) is 46.1 Å². The second kappa shape index (κ2) is 9.68. The summed E-state index contributed by atoms with van der Waals surface area (Å²) in [6.07, 6.45) is 5.49. The van der Waals surface area contributed by atoms with Crippen LogP contribution in [-0.4, -0.2) is 86.0 Å². The number of nitrogens with one attached hydrogen (secondary N) is 2. The molecule has 1 amide bonds. The van der Waals surface area contributed by atoms with Crippen molar-refractivity contribution in [1.29, 1.82) is 0 Å². The lowest BCUT2D eigenvalue weighted by Crippen LogP contribution is -2.54. The van der Waals surface area contributed by atoms with Crippen LogP contribution in [-0.2, 0) is 19.6 Å². The number of nitrogens with zero attached hydrogens (tertiary/aromatic N) is 4. The van der Waals surface area contributed by atoms with E-state index >= 15 is 0 Å². The van der Waals surface area contributed by atoms with Crippen molar-refractivity contribution in [3.05, 3.63) is 31.0 Å². The minimum Gasteiger partial charge on any atom is -0.383 e. The van der Waals surface area contributed by atoms with Crippen LogP contribution in [0.25, 0.3) is 10.9 Å². The Morgan fingerprint density at radius 3 is 2.59 bits per heavy atom. The fraction of sp³-hybridized carbons (Fsp3) is 0.615. The number of likely N-dealkylation sites (tertiary alicyclic amines) is 1. The van der Waals surface area contributed by atoms with E-state index in [1.165, 1.54) is 6.08 Å². The SMILES string of the molecule is C=CC(=O)N1C[C@H](n2ncc3c(N4C[C@H](C)N[C@@H](C)C4)cc(S(=O)(=O)NC4(C)CC4)cc32)C[C@H]1COC. The summed E-state index contributed by atoms with van der Waals surface area (Å²) in [5, 5.41) is 9.21. The molecule has 0 bridgehead atoms. The first kappa shape index (κ1) is 26.1. The van der Waals surface area contributed by atoms with Crippen LogP contribution in [0, 0.1) is 0 Å². The molecule has 37 heavy (non-hydrogen) atoms. The highest BCUT2D eigenvalue weighted by Gasteiger charge is 2.42. The van der Waals surface area contributed by atoms with E-state index in [0.717, 1.165) is 42.5 Å². The molecule has 3 heterocycles. The minimum absolute atomic E-state index is 0.0995. The number of sulfonamides is 1. The molecule has 11 heteroatoms. The quantitative estimate of drug-likeness (QED) is 0.503. The van der Waals surface area contributed by atoms with Gasteiger partial charge in [0.15, 0.2) is 0 Å². The number of methoxy groups -OCH3 is 1. The van der Waals surface area contributed by atoms with Crippen LogP contribution >= 0.6 is 0 Å². The molecular weight excluding hydrogens is 492 g/mol. The highest BCUT2D eigenvalue weighted by atomic mass is 32.2. The number of anilines is 1. The fourth-order valence-electron chi connectivity index (χ4n) is 5.81. The molecule has 202 valence electrons. The van der Waals surface area contributed by atoms with Gasteiger partial charge in [-0.25, -0.2) is 13.1 Å². The molecule has 0 unspecified atom stereocenters. The maximum absolute atomic E-state index is 13.5. The molecule has 2 saturated heterocycles. The van der Waals surface area contributed by atoms with Crippen molar-refractivity contribution < 1.29 is 17.9 Å². The molecule has 1 saturated carbocycles. The van der Waals surface area contributed by atoms with Crippen molar-refractivity contribution in [3.63, 3.8) is 0 Å². The van der Waals surface area contributed by atoms with E-state index in [-0.39, 0.29) is 40.5 Å². The van der Waals surface area contributed by atoms with E-state index in [0.29, 0.717) is 19.6 Å². The number of rotatable bonds is 8. The molecule has 2 N–H and O–H groups in total. The lowest BCUT2D eigenvalue weighted by atomic mass is 10.1. The highest BCUT2D eigenvalue weighted by Crippen LogP contribution is 2.39. The number of amides is 1. The molecule has 5 rings (SSSR count). The predicted octanol–water partition coefficient (Wildman–Crippen LogP) is 2.03. The Kier molecular flexibility index (Phi) is 6.84. The van der Waals surface area contributed by atoms with Gasteiger partial charge in [0.05, 0.1) is 35.3 Å². The first-order chi connectivity index (χ1) is 17.5. The van der Waals surface area contributed by atoms with Crippen LogP contribution in [0.2, 0.25) is 0 Å². The normalized spacial score (nSPS) is 27.6. The van der Waals surface area contributed by atoms with E-state index in [4.69, 9.17) is 9.84 Å². The predicted molar refractivity (Wildman–Crippen MR) is 143 cm³/mol. The summed E-state index contributed by atoms with van der Waals surface area (Å²) >= 11 is 0. The van der Waals surface area contributed by atoms with E-state index in [2.05, 4.69) is 35.4 Å². The van der Waals surface area contributed by atoms with Crippen molar-refractivity contribution >= 4 is 32.5 Å². The lowest BCUT2D eigenvalue weighted by Gasteiger charge is -2.38. The molecule has 4 atom stereocenters. The zero-order chi connectivity index (χ0) is 26.5. The number of hydrogen-bond donors (Lipinski definition) is 2. The number of piperazine rings is 1. The van der Waals surface area contributed by atoms with Crippen LogP contribution in [0.5, 0.6) is 0 Å². The molecular formula is C26H38N6O4S. The summed E-state index contributed by atoms with van der Waals surface area (Å²) in [6, 6.07) is 3.85. The highest BCUT2D eigenvalue weighted by molar-refractivity contribution is 7.89. The largest absolute Gasteiger partial charge is 0.383 e. The minimum atomic E-state index is -3.73. The van der Waals surface area contributed by atoms with Crippen LogP contribution < -0.4 is 14.9 Å². The second-order valence-corrected chi connectivity index (χ2v) is 12.9. The van der Waals surface area contributed by atoms with Gasteiger partial charge < -0.3 is 19.9 Å². The van der Waals surface area contributed by atoms with Crippen LogP contribution in [0.3, 0.4) is 0 Å². The summed E-state index contributed by atoms with van der Waals surface area (Å²) in [7, 11) is -2.11. The van der Waals surface area contributed by atoms with E-state index in [1.807, 2.05) is 17.8 Å². The van der Waals surface area contributed by atoms with E-state index in [9.17, 15) is 13.2 Å². The molecule has 2 aliphatic heterocycles. The van der Waals surface area contributed by atoms with Gasteiger partial charge in [-0.3, -0.25) is 9.48 Å².